The van der Waals surface area contributed by atoms with Gasteiger partial charge < -0.3 is 10.4 Å². The Morgan fingerprint density at radius 1 is 1.29 bits per heavy atom. The monoisotopic (exact) mass is 299 g/mol. The maximum absolute atomic E-state index is 12.3. The van der Waals surface area contributed by atoms with Crippen molar-refractivity contribution in [3.8, 4) is 11.8 Å². The Bertz CT molecular complexity index is 729. The van der Waals surface area contributed by atoms with Gasteiger partial charge in [0.05, 0.1) is 10.7 Å². The van der Waals surface area contributed by atoms with Gasteiger partial charge in [0.1, 0.15) is 6.61 Å². The molecule has 0 saturated heterocycles. The number of amides is 1. The summed E-state index contributed by atoms with van der Waals surface area (Å²) < 4.78 is 0. The fourth-order valence-corrected chi connectivity index (χ4v) is 2.07. The molecule has 106 valence electrons. The van der Waals surface area contributed by atoms with Gasteiger partial charge in [-0.05, 0) is 42.8 Å². The maximum Gasteiger partial charge on any atom is 0.255 e. The fourth-order valence-electron chi connectivity index (χ4n) is 1.89. The average molecular weight is 300 g/mol. The number of aliphatic hydroxyl groups is 1. The molecule has 1 amide bonds. The second-order valence-corrected chi connectivity index (χ2v) is 4.89. The molecule has 0 atom stereocenters. The van der Waals surface area contributed by atoms with Crippen molar-refractivity contribution in [2.24, 2.45) is 0 Å². The highest BCUT2D eigenvalue weighted by atomic mass is 35.5. The number of benzene rings is 2. The van der Waals surface area contributed by atoms with Crippen LogP contribution in [0.25, 0.3) is 0 Å². The highest BCUT2D eigenvalue weighted by molar-refractivity contribution is 6.33. The molecule has 0 spiro atoms. The predicted molar refractivity (Wildman–Crippen MR) is 84.5 cm³/mol. The zero-order valence-corrected chi connectivity index (χ0v) is 12.2. The quantitative estimate of drug-likeness (QED) is 0.836. The second-order valence-electron chi connectivity index (χ2n) is 4.48. The van der Waals surface area contributed by atoms with Crippen molar-refractivity contribution < 1.29 is 9.90 Å². The van der Waals surface area contributed by atoms with E-state index < -0.39 is 0 Å². The van der Waals surface area contributed by atoms with Crippen molar-refractivity contribution in [3.05, 3.63) is 64.2 Å². The lowest BCUT2D eigenvalue weighted by Gasteiger charge is -2.08. The number of carbonyl (C=O) groups excluding carboxylic acids is 1. The van der Waals surface area contributed by atoms with Crippen LogP contribution in [0.4, 0.5) is 5.69 Å². The van der Waals surface area contributed by atoms with E-state index in [4.69, 9.17) is 16.7 Å². The average Bonchev–Trinajstić information content (AvgIpc) is 2.47. The van der Waals surface area contributed by atoms with Crippen molar-refractivity contribution in [2.45, 2.75) is 6.92 Å². The number of para-hydroxylation sites is 1. The Hall–Kier alpha value is -2.28. The maximum atomic E-state index is 12.3. The molecule has 0 fully saturated rings. The van der Waals surface area contributed by atoms with E-state index >= 15 is 0 Å². The standard InChI is InChI=1S/C17H14ClNO2/c1-12-9-13(5-4-8-20)11-14(10-12)17(21)19-16-7-3-2-6-15(16)18/h2-3,6-7,9-11,20H,8H2,1H3,(H,19,21). The van der Waals surface area contributed by atoms with Crippen LogP contribution in [-0.4, -0.2) is 17.6 Å². The molecule has 0 bridgehead atoms. The minimum atomic E-state index is -0.251. The molecule has 2 N–H and O–H groups in total. The number of halogens is 1. The van der Waals surface area contributed by atoms with E-state index in [0.717, 1.165) is 5.56 Å². The summed E-state index contributed by atoms with van der Waals surface area (Å²) >= 11 is 6.02. The molecule has 3 nitrogen and oxygen atoms in total. The van der Waals surface area contributed by atoms with Crippen LogP contribution in [-0.2, 0) is 0 Å². The Morgan fingerprint density at radius 3 is 2.76 bits per heavy atom. The number of rotatable bonds is 2. The number of hydrogen-bond acceptors (Lipinski definition) is 2. The summed E-state index contributed by atoms with van der Waals surface area (Å²) in [5, 5.41) is 12.0. The van der Waals surface area contributed by atoms with Crippen LogP contribution < -0.4 is 5.32 Å². The van der Waals surface area contributed by atoms with E-state index in [2.05, 4.69) is 17.2 Å². The van der Waals surface area contributed by atoms with E-state index in [-0.39, 0.29) is 12.5 Å². The number of aliphatic hydroxyl groups excluding tert-OH is 1. The number of aryl methyl sites for hydroxylation is 1. The first-order chi connectivity index (χ1) is 10.1. The van der Waals surface area contributed by atoms with Gasteiger partial charge in [-0.2, -0.15) is 0 Å². The van der Waals surface area contributed by atoms with Crippen LogP contribution in [0, 0.1) is 18.8 Å². The second kappa shape index (κ2) is 6.94. The first-order valence-corrected chi connectivity index (χ1v) is 6.75. The van der Waals surface area contributed by atoms with Gasteiger partial charge in [0.15, 0.2) is 0 Å². The number of carbonyl (C=O) groups is 1. The van der Waals surface area contributed by atoms with Gasteiger partial charge in [-0.3, -0.25) is 4.79 Å². The largest absolute Gasteiger partial charge is 0.384 e. The number of anilines is 1. The van der Waals surface area contributed by atoms with Crippen LogP contribution in [0.5, 0.6) is 0 Å². The lowest BCUT2D eigenvalue weighted by Crippen LogP contribution is -2.12. The normalized spacial score (nSPS) is 9.67. The highest BCUT2D eigenvalue weighted by Crippen LogP contribution is 2.21. The summed E-state index contributed by atoms with van der Waals surface area (Å²) in [7, 11) is 0. The predicted octanol–water partition coefficient (Wildman–Crippen LogP) is 3.24. The molecule has 2 rings (SSSR count). The summed E-state index contributed by atoms with van der Waals surface area (Å²) in [6, 6.07) is 12.4. The summed E-state index contributed by atoms with van der Waals surface area (Å²) in [6.07, 6.45) is 0. The van der Waals surface area contributed by atoms with E-state index in [1.54, 1.807) is 36.4 Å². The Kier molecular flexibility index (Phi) is 4.99. The Morgan fingerprint density at radius 2 is 2.05 bits per heavy atom. The summed E-state index contributed by atoms with van der Waals surface area (Å²) in [4.78, 5) is 12.3. The van der Waals surface area contributed by atoms with Gasteiger partial charge in [0, 0.05) is 11.1 Å². The number of nitrogens with one attached hydrogen (secondary N) is 1. The minimum Gasteiger partial charge on any atom is -0.384 e. The molecular formula is C17H14ClNO2. The van der Waals surface area contributed by atoms with Crippen molar-refractivity contribution >= 4 is 23.2 Å². The number of hydrogen-bond donors (Lipinski definition) is 2. The molecule has 21 heavy (non-hydrogen) atoms. The van der Waals surface area contributed by atoms with Crippen LogP contribution in [0.3, 0.4) is 0 Å². The lowest BCUT2D eigenvalue weighted by atomic mass is 10.1. The van der Waals surface area contributed by atoms with E-state index in [0.29, 0.717) is 21.8 Å². The molecule has 0 radical (unpaired) electrons. The summed E-state index contributed by atoms with van der Waals surface area (Å²) in [6.45, 7) is 1.67. The molecular weight excluding hydrogens is 286 g/mol. The van der Waals surface area contributed by atoms with Crippen molar-refractivity contribution in [1.82, 2.24) is 0 Å². The molecule has 4 heteroatoms. The van der Waals surface area contributed by atoms with Gasteiger partial charge in [-0.1, -0.05) is 35.6 Å². The Labute approximate surface area is 128 Å². The summed E-state index contributed by atoms with van der Waals surface area (Å²) in [5.41, 5.74) is 2.67. The minimum absolute atomic E-state index is 0.213. The van der Waals surface area contributed by atoms with Crippen LogP contribution >= 0.6 is 11.6 Å². The third-order valence-corrected chi connectivity index (χ3v) is 3.10. The van der Waals surface area contributed by atoms with E-state index in [1.165, 1.54) is 0 Å². The van der Waals surface area contributed by atoms with Crippen LogP contribution in [0.15, 0.2) is 42.5 Å². The smallest absolute Gasteiger partial charge is 0.255 e. The van der Waals surface area contributed by atoms with E-state index in [9.17, 15) is 4.79 Å². The van der Waals surface area contributed by atoms with Gasteiger partial charge in [0.2, 0.25) is 0 Å². The lowest BCUT2D eigenvalue weighted by molar-refractivity contribution is 0.102. The molecule has 0 saturated carbocycles. The van der Waals surface area contributed by atoms with Crippen molar-refractivity contribution in [3.63, 3.8) is 0 Å². The molecule has 2 aromatic carbocycles. The molecule has 0 aromatic heterocycles. The van der Waals surface area contributed by atoms with Crippen molar-refractivity contribution in [2.75, 3.05) is 11.9 Å². The van der Waals surface area contributed by atoms with Crippen LogP contribution in [0.2, 0.25) is 5.02 Å². The molecule has 0 aliphatic heterocycles. The van der Waals surface area contributed by atoms with E-state index in [1.807, 2.05) is 13.0 Å². The molecule has 0 aliphatic carbocycles. The SMILES string of the molecule is Cc1cc(C#CCO)cc(C(=O)Nc2ccccc2Cl)c1. The van der Waals surface area contributed by atoms with Crippen LogP contribution in [0.1, 0.15) is 21.5 Å². The molecule has 2 aromatic rings. The highest BCUT2D eigenvalue weighted by Gasteiger charge is 2.09. The Balaban J connectivity index is 2.27. The third kappa shape index (κ3) is 4.09. The van der Waals surface area contributed by atoms with Gasteiger partial charge in [-0.15, -0.1) is 0 Å². The summed E-state index contributed by atoms with van der Waals surface area (Å²) in [5.74, 6) is 5.12. The molecule has 0 aliphatic rings. The first-order valence-electron chi connectivity index (χ1n) is 6.37. The molecule has 0 unspecified atom stereocenters. The zero-order valence-electron chi connectivity index (χ0n) is 11.5. The topological polar surface area (TPSA) is 49.3 Å². The van der Waals surface area contributed by atoms with Gasteiger partial charge in [-0.25, -0.2) is 0 Å². The molecule has 0 heterocycles. The fraction of sp³-hybridized carbons (Fsp3) is 0.118. The van der Waals surface area contributed by atoms with Crippen molar-refractivity contribution in [1.29, 1.82) is 0 Å². The van der Waals surface area contributed by atoms with Gasteiger partial charge in [0.25, 0.3) is 5.91 Å². The third-order valence-electron chi connectivity index (χ3n) is 2.77. The zero-order chi connectivity index (χ0) is 15.2. The first kappa shape index (κ1) is 15.1. The van der Waals surface area contributed by atoms with Gasteiger partial charge >= 0.3 is 0 Å².